The lowest BCUT2D eigenvalue weighted by molar-refractivity contribution is 0.175. The first kappa shape index (κ1) is 15.5. The number of pyridine rings is 1. The summed E-state index contributed by atoms with van der Waals surface area (Å²) in [7, 11) is 1.94. The molecule has 1 aliphatic heterocycles. The molecule has 1 N–H and O–H groups in total. The van der Waals surface area contributed by atoms with Gasteiger partial charge in [-0.25, -0.2) is 4.79 Å². The normalized spacial score (nSPS) is 19.4. The van der Waals surface area contributed by atoms with Gasteiger partial charge in [-0.3, -0.25) is 4.98 Å². The number of aromatic nitrogens is 4. The molecule has 7 heteroatoms. The van der Waals surface area contributed by atoms with Crippen molar-refractivity contribution in [3.8, 4) is 0 Å². The van der Waals surface area contributed by atoms with Crippen molar-refractivity contribution in [3.05, 3.63) is 42.2 Å². The summed E-state index contributed by atoms with van der Waals surface area (Å²) >= 11 is 0. The van der Waals surface area contributed by atoms with Crippen molar-refractivity contribution < 1.29 is 4.79 Å². The Balaban J connectivity index is 1.62. The first-order valence-electron chi connectivity index (χ1n) is 7.94. The second kappa shape index (κ2) is 6.76. The molecule has 7 nitrogen and oxygen atoms in total. The van der Waals surface area contributed by atoms with Gasteiger partial charge < -0.3 is 14.8 Å². The van der Waals surface area contributed by atoms with Gasteiger partial charge in [-0.1, -0.05) is 6.07 Å². The minimum atomic E-state index is -0.0635. The summed E-state index contributed by atoms with van der Waals surface area (Å²) < 4.78 is 1.93. The van der Waals surface area contributed by atoms with Crippen LogP contribution in [0.4, 0.5) is 4.79 Å². The fraction of sp³-hybridized carbons (Fsp3) is 0.500. The molecule has 0 saturated carbocycles. The Morgan fingerprint density at radius 2 is 2.35 bits per heavy atom. The zero-order chi connectivity index (χ0) is 16.2. The van der Waals surface area contributed by atoms with E-state index >= 15 is 0 Å². The first-order valence-corrected chi connectivity index (χ1v) is 7.94. The maximum absolute atomic E-state index is 12.5. The minimum absolute atomic E-state index is 0.0341. The van der Waals surface area contributed by atoms with Crippen molar-refractivity contribution in [1.82, 2.24) is 30.0 Å². The number of piperidine rings is 1. The number of aryl methyl sites for hydroxylation is 1. The fourth-order valence-electron chi connectivity index (χ4n) is 3.03. The maximum Gasteiger partial charge on any atom is 0.317 e. The number of hydrogen-bond acceptors (Lipinski definition) is 4. The Labute approximate surface area is 135 Å². The van der Waals surface area contributed by atoms with Gasteiger partial charge in [0, 0.05) is 38.4 Å². The van der Waals surface area contributed by atoms with E-state index in [1.807, 2.05) is 35.6 Å². The van der Waals surface area contributed by atoms with E-state index in [0.29, 0.717) is 6.54 Å². The molecule has 0 unspecified atom stereocenters. The number of amides is 2. The Hall–Kier alpha value is -2.44. The van der Waals surface area contributed by atoms with Crippen LogP contribution in [0.5, 0.6) is 0 Å². The van der Waals surface area contributed by atoms with Gasteiger partial charge in [0.05, 0.1) is 6.04 Å². The molecule has 2 aromatic heterocycles. The third kappa shape index (κ3) is 3.49. The molecule has 2 aromatic rings. The predicted molar refractivity (Wildman–Crippen MR) is 85.7 cm³/mol. The highest BCUT2D eigenvalue weighted by molar-refractivity contribution is 5.74. The Kier molecular flexibility index (Phi) is 4.55. The molecule has 1 fully saturated rings. The van der Waals surface area contributed by atoms with Crippen molar-refractivity contribution in [1.29, 1.82) is 0 Å². The molecular weight excluding hydrogens is 292 g/mol. The van der Waals surface area contributed by atoms with Crippen molar-refractivity contribution >= 4 is 6.03 Å². The summed E-state index contributed by atoms with van der Waals surface area (Å²) in [5, 5.41) is 11.2. The topological polar surface area (TPSA) is 75.9 Å². The average Bonchev–Trinajstić information content (AvgIpc) is 3.02. The highest BCUT2D eigenvalue weighted by atomic mass is 16.2. The third-order valence-electron chi connectivity index (χ3n) is 4.34. The molecule has 0 aliphatic carbocycles. The van der Waals surface area contributed by atoms with E-state index in [9.17, 15) is 4.79 Å². The quantitative estimate of drug-likeness (QED) is 0.938. The number of nitrogens with zero attached hydrogens (tertiary/aromatic N) is 5. The Morgan fingerprint density at radius 3 is 3.04 bits per heavy atom. The molecule has 122 valence electrons. The van der Waals surface area contributed by atoms with Crippen LogP contribution in [-0.4, -0.2) is 43.8 Å². The average molecular weight is 314 g/mol. The predicted octanol–water partition coefficient (Wildman–Crippen LogP) is 1.86. The molecule has 2 amide bonds. The largest absolute Gasteiger partial charge is 0.331 e. The van der Waals surface area contributed by atoms with E-state index in [4.69, 9.17) is 0 Å². The van der Waals surface area contributed by atoms with E-state index in [-0.39, 0.29) is 18.0 Å². The second-order valence-electron chi connectivity index (χ2n) is 6.04. The number of rotatable bonds is 3. The van der Waals surface area contributed by atoms with Gasteiger partial charge in [0.2, 0.25) is 0 Å². The zero-order valence-electron chi connectivity index (χ0n) is 13.5. The number of carbonyl (C=O) groups excluding carboxylic acids is 1. The van der Waals surface area contributed by atoms with E-state index in [1.165, 1.54) is 0 Å². The number of carbonyl (C=O) groups is 1. The molecule has 0 spiro atoms. The van der Waals surface area contributed by atoms with Gasteiger partial charge in [-0.2, -0.15) is 0 Å². The molecule has 3 rings (SSSR count). The van der Waals surface area contributed by atoms with Crippen LogP contribution in [0.15, 0.2) is 30.9 Å². The van der Waals surface area contributed by atoms with Crippen molar-refractivity contribution in [2.24, 2.45) is 7.05 Å². The maximum atomic E-state index is 12.5. The third-order valence-corrected chi connectivity index (χ3v) is 4.34. The van der Waals surface area contributed by atoms with Gasteiger partial charge >= 0.3 is 6.03 Å². The summed E-state index contributed by atoms with van der Waals surface area (Å²) in [5.41, 5.74) is 1.00. The van der Waals surface area contributed by atoms with E-state index < -0.39 is 0 Å². The lowest BCUT2D eigenvalue weighted by Gasteiger charge is -2.33. The molecule has 1 saturated heterocycles. The Bertz CT molecular complexity index is 656. The zero-order valence-corrected chi connectivity index (χ0v) is 13.5. The number of hydrogen-bond donors (Lipinski definition) is 1. The molecule has 23 heavy (non-hydrogen) atoms. The van der Waals surface area contributed by atoms with Crippen molar-refractivity contribution in [2.45, 2.75) is 31.7 Å². The van der Waals surface area contributed by atoms with E-state index in [0.717, 1.165) is 30.8 Å². The summed E-state index contributed by atoms with van der Waals surface area (Å²) in [6.07, 6.45) is 7.23. The van der Waals surface area contributed by atoms with Crippen LogP contribution in [0.3, 0.4) is 0 Å². The Morgan fingerprint density at radius 1 is 1.48 bits per heavy atom. The SMILES string of the molecule is C[C@@H](NC(=O)N1CCC[C@H](c2nncn2C)C1)c1cccnc1. The molecular formula is C16H22N6O. The van der Waals surface area contributed by atoms with Gasteiger partial charge in [-0.05, 0) is 31.4 Å². The lowest BCUT2D eigenvalue weighted by Crippen LogP contribution is -2.46. The van der Waals surface area contributed by atoms with Crippen LogP contribution in [0, 0.1) is 0 Å². The summed E-state index contributed by atoms with van der Waals surface area (Å²) in [6.45, 7) is 3.43. The number of urea groups is 1. The standard InChI is InChI=1S/C16H22N6O/c1-12(13-5-3-7-17-9-13)19-16(23)22-8-4-6-14(10-22)15-20-18-11-21(15)2/h3,5,7,9,11-12,14H,4,6,8,10H2,1-2H3,(H,19,23)/t12-,14+/m1/s1. The summed E-state index contributed by atoms with van der Waals surface area (Å²) in [6, 6.07) is 3.75. The number of likely N-dealkylation sites (tertiary alicyclic amines) is 1. The summed E-state index contributed by atoms with van der Waals surface area (Å²) in [4.78, 5) is 18.5. The highest BCUT2D eigenvalue weighted by Crippen LogP contribution is 2.25. The molecule has 0 aromatic carbocycles. The van der Waals surface area contributed by atoms with E-state index in [1.54, 1.807) is 18.7 Å². The van der Waals surface area contributed by atoms with Gasteiger partial charge in [0.25, 0.3) is 0 Å². The van der Waals surface area contributed by atoms with Gasteiger partial charge in [-0.15, -0.1) is 10.2 Å². The second-order valence-corrected chi connectivity index (χ2v) is 6.04. The molecule has 3 heterocycles. The fourth-order valence-corrected chi connectivity index (χ4v) is 3.03. The summed E-state index contributed by atoms with van der Waals surface area (Å²) in [5.74, 6) is 1.19. The first-order chi connectivity index (χ1) is 11.1. The molecule has 0 bridgehead atoms. The minimum Gasteiger partial charge on any atom is -0.331 e. The van der Waals surface area contributed by atoms with Gasteiger partial charge in [0.1, 0.15) is 12.2 Å². The number of nitrogens with one attached hydrogen (secondary N) is 1. The smallest absolute Gasteiger partial charge is 0.317 e. The van der Waals surface area contributed by atoms with Crippen LogP contribution in [0.25, 0.3) is 0 Å². The van der Waals surface area contributed by atoms with Crippen LogP contribution in [0.1, 0.15) is 43.1 Å². The molecule has 0 radical (unpaired) electrons. The van der Waals surface area contributed by atoms with Crippen LogP contribution in [-0.2, 0) is 7.05 Å². The van der Waals surface area contributed by atoms with Crippen LogP contribution in [0.2, 0.25) is 0 Å². The van der Waals surface area contributed by atoms with Gasteiger partial charge in [0.15, 0.2) is 0 Å². The lowest BCUT2D eigenvalue weighted by atomic mass is 9.97. The van der Waals surface area contributed by atoms with Crippen LogP contribution < -0.4 is 5.32 Å². The monoisotopic (exact) mass is 314 g/mol. The van der Waals surface area contributed by atoms with Crippen molar-refractivity contribution in [3.63, 3.8) is 0 Å². The molecule has 2 atom stereocenters. The van der Waals surface area contributed by atoms with E-state index in [2.05, 4.69) is 20.5 Å². The van der Waals surface area contributed by atoms with Crippen LogP contribution >= 0.6 is 0 Å². The molecule has 1 aliphatic rings. The van der Waals surface area contributed by atoms with Crippen molar-refractivity contribution in [2.75, 3.05) is 13.1 Å². The highest BCUT2D eigenvalue weighted by Gasteiger charge is 2.28.